The topological polar surface area (TPSA) is 80.4 Å². The Hall–Kier alpha value is -2.10. The maximum absolute atomic E-state index is 12.8. The number of methoxy groups -OCH3 is 1. The number of hydrogen-bond acceptors (Lipinski definition) is 6. The third kappa shape index (κ3) is 6.96. The van der Waals surface area contributed by atoms with Crippen molar-refractivity contribution >= 4 is 58.0 Å². The predicted octanol–water partition coefficient (Wildman–Crippen LogP) is 4.00. The fraction of sp³-hybridized carbons (Fsp3) is 0.417. The highest BCUT2D eigenvalue weighted by atomic mass is 35.5. The smallest absolute Gasteiger partial charge is 0.273 e. The maximum atomic E-state index is 12.8. The van der Waals surface area contributed by atoms with Gasteiger partial charge >= 0.3 is 0 Å². The summed E-state index contributed by atoms with van der Waals surface area (Å²) in [5, 5.41) is 0.956. The number of para-hydroxylation sites is 2. The number of carbonyl (C=O) groups excluding carboxylic acids is 1. The largest absolute Gasteiger partial charge is 0.495 e. The Balaban J connectivity index is 0.00000193. The fourth-order valence-electron chi connectivity index (χ4n) is 4.11. The molecule has 1 aliphatic rings. The van der Waals surface area contributed by atoms with Gasteiger partial charge in [0.1, 0.15) is 11.4 Å². The molecule has 1 fully saturated rings. The Morgan fingerprint density at radius 2 is 1.71 bits per heavy atom. The third-order valence-electron chi connectivity index (χ3n) is 5.94. The lowest BCUT2D eigenvalue weighted by atomic mass is 10.2. The van der Waals surface area contributed by atoms with E-state index in [9.17, 15) is 4.79 Å². The zero-order chi connectivity index (χ0) is 21.6. The molecule has 1 aromatic heterocycles. The number of hydrogen-bond donors (Lipinski definition) is 0. The van der Waals surface area contributed by atoms with Crippen molar-refractivity contribution in [2.75, 3.05) is 58.3 Å². The van der Waals surface area contributed by atoms with E-state index in [0.29, 0.717) is 5.69 Å². The maximum Gasteiger partial charge on any atom is 0.273 e. The van der Waals surface area contributed by atoms with Gasteiger partial charge in [-0.3, -0.25) is 9.69 Å². The summed E-state index contributed by atoms with van der Waals surface area (Å²) >= 11 is 1.39. The highest BCUT2D eigenvalue weighted by Crippen LogP contribution is 2.28. The van der Waals surface area contributed by atoms with Crippen LogP contribution in [0.2, 0.25) is 0 Å². The number of amides is 1. The van der Waals surface area contributed by atoms with Crippen LogP contribution in [0.1, 0.15) is 23.3 Å². The Labute approximate surface area is 218 Å². The molecule has 0 radical (unpaired) electrons. The molecule has 10 heteroatoms. The quantitative estimate of drug-likeness (QED) is 0.412. The van der Waals surface area contributed by atoms with Gasteiger partial charge in [-0.25, -0.2) is 0 Å². The van der Waals surface area contributed by atoms with Crippen molar-refractivity contribution in [1.29, 1.82) is 0 Å². The van der Waals surface area contributed by atoms with Gasteiger partial charge in [-0.15, -0.1) is 24.8 Å². The molecule has 1 saturated heterocycles. The zero-order valence-electron chi connectivity index (χ0n) is 19.6. The van der Waals surface area contributed by atoms with Crippen LogP contribution in [0.4, 0.5) is 5.69 Å². The second-order valence-electron chi connectivity index (χ2n) is 7.96. The summed E-state index contributed by atoms with van der Waals surface area (Å²) in [5.74, 6) is 0.958. The van der Waals surface area contributed by atoms with Crippen LogP contribution in [0, 0.1) is 0 Å². The molecule has 0 spiro atoms. The Morgan fingerprint density at radius 1 is 1.03 bits per heavy atom. The first-order valence-electron chi connectivity index (χ1n) is 10.9. The number of anilines is 1. The van der Waals surface area contributed by atoms with Gasteiger partial charge < -0.3 is 20.0 Å². The molecular formula is C24H34Cl2N4O3S. The summed E-state index contributed by atoms with van der Waals surface area (Å²) < 4.78 is 11.0. The number of piperazine rings is 1. The van der Waals surface area contributed by atoms with E-state index < -0.39 is 0 Å². The minimum Gasteiger partial charge on any atom is -0.495 e. The zero-order valence-corrected chi connectivity index (χ0v) is 22.1. The van der Waals surface area contributed by atoms with Crippen molar-refractivity contribution in [3.63, 3.8) is 0 Å². The predicted molar refractivity (Wildman–Crippen MR) is 146 cm³/mol. The SMILES string of the molecule is COc1ccccc1N1CCN(CCCCN(C)C(=O)c2nsc3ccccc23)CC1.Cl.Cl.O. The number of halogens is 2. The van der Waals surface area contributed by atoms with Crippen LogP contribution in [0.5, 0.6) is 5.75 Å². The number of carbonyl (C=O) groups is 1. The second kappa shape index (κ2) is 14.3. The van der Waals surface area contributed by atoms with Gasteiger partial charge in [0.2, 0.25) is 0 Å². The van der Waals surface area contributed by atoms with Crippen LogP contribution in [0.25, 0.3) is 10.1 Å². The summed E-state index contributed by atoms with van der Waals surface area (Å²) in [4.78, 5) is 19.5. The lowest BCUT2D eigenvalue weighted by Crippen LogP contribution is -2.46. The number of aromatic nitrogens is 1. The molecule has 1 amide bonds. The first kappa shape index (κ1) is 29.9. The van der Waals surface area contributed by atoms with Crippen LogP contribution >= 0.6 is 36.3 Å². The van der Waals surface area contributed by atoms with Gasteiger partial charge in [0.05, 0.1) is 17.5 Å². The molecule has 4 rings (SSSR count). The normalized spacial score (nSPS) is 13.4. The molecule has 2 aromatic carbocycles. The van der Waals surface area contributed by atoms with Crippen LogP contribution in [-0.4, -0.2) is 79.0 Å². The Kier molecular flexibility index (Phi) is 12.6. The van der Waals surface area contributed by atoms with E-state index in [2.05, 4.69) is 26.3 Å². The molecule has 7 nitrogen and oxygen atoms in total. The van der Waals surface area contributed by atoms with E-state index in [-0.39, 0.29) is 36.2 Å². The number of benzene rings is 2. The molecular weight excluding hydrogens is 495 g/mol. The summed E-state index contributed by atoms with van der Waals surface area (Å²) in [6.45, 7) is 5.95. The van der Waals surface area contributed by atoms with Crippen molar-refractivity contribution in [1.82, 2.24) is 14.2 Å². The van der Waals surface area contributed by atoms with Crippen molar-refractivity contribution in [2.24, 2.45) is 0 Å². The molecule has 0 unspecified atom stereocenters. The highest BCUT2D eigenvalue weighted by Gasteiger charge is 2.20. The van der Waals surface area contributed by atoms with Gasteiger partial charge in [-0.2, -0.15) is 4.37 Å². The molecule has 0 atom stereocenters. The van der Waals surface area contributed by atoms with E-state index in [1.807, 2.05) is 43.4 Å². The van der Waals surface area contributed by atoms with E-state index in [1.54, 1.807) is 12.0 Å². The minimum absolute atomic E-state index is 0. The number of unbranched alkanes of at least 4 members (excludes halogenated alkanes) is 1. The molecule has 2 N–H and O–H groups in total. The average Bonchev–Trinajstić information content (AvgIpc) is 3.26. The monoisotopic (exact) mass is 528 g/mol. The van der Waals surface area contributed by atoms with E-state index in [0.717, 1.165) is 67.9 Å². The van der Waals surface area contributed by atoms with E-state index in [1.165, 1.54) is 17.2 Å². The van der Waals surface area contributed by atoms with E-state index >= 15 is 0 Å². The van der Waals surface area contributed by atoms with Gasteiger partial charge in [0.15, 0.2) is 0 Å². The van der Waals surface area contributed by atoms with Gasteiger partial charge in [-0.05, 0) is 49.1 Å². The molecule has 188 valence electrons. The molecule has 0 saturated carbocycles. The highest BCUT2D eigenvalue weighted by molar-refractivity contribution is 7.13. The Bertz CT molecular complexity index is 1030. The lowest BCUT2D eigenvalue weighted by Gasteiger charge is -2.36. The average molecular weight is 530 g/mol. The minimum atomic E-state index is 0. The van der Waals surface area contributed by atoms with Gasteiger partial charge in [-0.1, -0.05) is 30.3 Å². The molecule has 0 bridgehead atoms. The summed E-state index contributed by atoms with van der Waals surface area (Å²) in [6.07, 6.45) is 2.08. The molecule has 1 aliphatic heterocycles. The van der Waals surface area contributed by atoms with Crippen LogP contribution in [0.3, 0.4) is 0 Å². The van der Waals surface area contributed by atoms with Gasteiger partial charge in [0, 0.05) is 45.2 Å². The second-order valence-corrected chi connectivity index (χ2v) is 8.77. The molecule has 3 aromatic rings. The number of ether oxygens (including phenoxy) is 1. The molecule has 2 heterocycles. The summed E-state index contributed by atoms with van der Waals surface area (Å²) in [5.41, 5.74) is 1.76. The number of nitrogens with zero attached hydrogens (tertiary/aromatic N) is 4. The fourth-order valence-corrected chi connectivity index (χ4v) is 4.88. The first-order valence-corrected chi connectivity index (χ1v) is 11.6. The number of fused-ring (bicyclic) bond motifs is 1. The third-order valence-corrected chi connectivity index (χ3v) is 6.77. The number of rotatable bonds is 8. The van der Waals surface area contributed by atoms with Gasteiger partial charge in [0.25, 0.3) is 5.91 Å². The lowest BCUT2D eigenvalue weighted by molar-refractivity contribution is 0.0788. The first-order chi connectivity index (χ1) is 15.2. The van der Waals surface area contributed by atoms with Crippen LogP contribution < -0.4 is 9.64 Å². The van der Waals surface area contributed by atoms with Crippen molar-refractivity contribution in [3.05, 3.63) is 54.2 Å². The van der Waals surface area contributed by atoms with Crippen molar-refractivity contribution < 1.29 is 15.0 Å². The molecule has 34 heavy (non-hydrogen) atoms. The van der Waals surface area contributed by atoms with Crippen LogP contribution in [0.15, 0.2) is 48.5 Å². The van der Waals surface area contributed by atoms with Crippen molar-refractivity contribution in [2.45, 2.75) is 12.8 Å². The Morgan fingerprint density at radius 3 is 2.44 bits per heavy atom. The summed E-state index contributed by atoms with van der Waals surface area (Å²) in [7, 11) is 3.61. The molecule has 0 aliphatic carbocycles. The summed E-state index contributed by atoms with van der Waals surface area (Å²) in [6, 6.07) is 16.2. The van der Waals surface area contributed by atoms with Crippen LogP contribution in [-0.2, 0) is 0 Å². The van der Waals surface area contributed by atoms with Crippen molar-refractivity contribution in [3.8, 4) is 5.75 Å². The standard InChI is InChI=1S/C24H30N4O2S.2ClH.H2O/c1-26(24(29)23-19-9-3-6-12-22(19)31-25-23)13-7-8-14-27-15-17-28(18-16-27)20-10-4-5-11-21(20)30-2;;;/h3-6,9-12H,7-8,13-18H2,1-2H3;2*1H;1H2. The van der Waals surface area contributed by atoms with E-state index in [4.69, 9.17) is 4.74 Å².